The summed E-state index contributed by atoms with van der Waals surface area (Å²) in [4.78, 5) is 28.9. The molecular weight excluding hydrogens is 316 g/mol. The zero-order valence-corrected chi connectivity index (χ0v) is 13.1. The van der Waals surface area contributed by atoms with Gasteiger partial charge in [-0.2, -0.15) is 0 Å². The molecule has 0 N–H and O–H groups in total. The number of hydrogen-bond acceptors (Lipinski definition) is 4. The number of halogens is 1. The molecule has 3 aromatic rings. The number of hydrogen-bond donors (Lipinski definition) is 0. The van der Waals surface area contributed by atoms with Crippen LogP contribution in [0.2, 0.25) is 5.02 Å². The van der Waals surface area contributed by atoms with Gasteiger partial charge < -0.3 is 9.30 Å². The van der Waals surface area contributed by atoms with Crippen molar-refractivity contribution in [3.05, 3.63) is 69.6 Å². The summed E-state index contributed by atoms with van der Waals surface area (Å²) in [7, 11) is 0. The molecule has 23 heavy (non-hydrogen) atoms. The third-order valence-corrected chi connectivity index (χ3v) is 3.58. The maximum Gasteiger partial charge on any atom is 0.343 e. The fraction of sp³-hybridized carbons (Fsp3) is 0.118. The van der Waals surface area contributed by atoms with Crippen molar-refractivity contribution < 1.29 is 9.53 Å². The molecule has 0 saturated carbocycles. The second kappa shape index (κ2) is 6.22. The lowest BCUT2D eigenvalue weighted by Gasteiger charge is -2.12. The van der Waals surface area contributed by atoms with Gasteiger partial charge >= 0.3 is 5.97 Å². The predicted octanol–water partition coefficient (Wildman–Crippen LogP) is 3.22. The molecule has 0 radical (unpaired) electrons. The predicted molar refractivity (Wildman–Crippen MR) is 88.3 cm³/mol. The Morgan fingerprint density at radius 1 is 1.30 bits per heavy atom. The maximum atomic E-state index is 12.5. The van der Waals surface area contributed by atoms with E-state index in [9.17, 15) is 9.59 Å². The number of carbonyl (C=O) groups is 1. The lowest BCUT2D eigenvalue weighted by Crippen LogP contribution is -2.21. The molecule has 3 rings (SSSR count). The van der Waals surface area contributed by atoms with Gasteiger partial charge in [0.25, 0.3) is 0 Å². The quantitative estimate of drug-likeness (QED) is 0.693. The van der Waals surface area contributed by atoms with Crippen LogP contribution in [0, 0.1) is 0 Å². The Labute approximate surface area is 137 Å². The van der Waals surface area contributed by atoms with E-state index in [0.29, 0.717) is 21.7 Å². The average molecular weight is 329 g/mol. The minimum atomic E-state index is -0.654. The number of ether oxygens (including phenoxy) is 1. The highest BCUT2D eigenvalue weighted by atomic mass is 35.5. The first kappa shape index (κ1) is 15.2. The Bertz CT molecular complexity index is 950. The van der Waals surface area contributed by atoms with Gasteiger partial charge in [0.1, 0.15) is 11.2 Å². The van der Waals surface area contributed by atoms with Crippen molar-refractivity contribution in [2.75, 3.05) is 6.61 Å². The highest BCUT2D eigenvalue weighted by molar-refractivity contribution is 6.30. The van der Waals surface area contributed by atoms with Gasteiger partial charge in [-0.15, -0.1) is 0 Å². The van der Waals surface area contributed by atoms with Gasteiger partial charge in [-0.1, -0.05) is 17.7 Å². The van der Waals surface area contributed by atoms with Gasteiger partial charge in [-0.25, -0.2) is 9.78 Å². The van der Waals surface area contributed by atoms with Crippen LogP contribution in [0.1, 0.15) is 17.3 Å². The number of nitrogens with zero attached hydrogens (tertiary/aromatic N) is 2. The Hall–Kier alpha value is -2.66. The fourth-order valence-corrected chi connectivity index (χ4v) is 2.52. The van der Waals surface area contributed by atoms with Crippen LogP contribution in [0.4, 0.5) is 0 Å². The number of carbonyl (C=O) groups excluding carboxylic acids is 1. The van der Waals surface area contributed by atoms with E-state index in [0.717, 1.165) is 0 Å². The average Bonchev–Trinajstić information content (AvgIpc) is 2.55. The van der Waals surface area contributed by atoms with Crippen LogP contribution >= 0.6 is 11.6 Å². The van der Waals surface area contributed by atoms with E-state index in [-0.39, 0.29) is 12.2 Å². The van der Waals surface area contributed by atoms with Crippen LogP contribution in [-0.4, -0.2) is 22.1 Å². The first-order chi connectivity index (χ1) is 11.1. The van der Waals surface area contributed by atoms with Gasteiger partial charge in [0.05, 0.1) is 12.0 Å². The minimum Gasteiger partial charge on any atom is -0.462 e. The standard InChI is InChI=1S/C17H13ClN2O3/c1-2-23-17(22)14-10-20(12-6-3-5-11(18)9-12)16-13(15(14)21)7-4-8-19-16/h3-10H,2H2,1H3. The van der Waals surface area contributed by atoms with Crippen molar-refractivity contribution in [3.63, 3.8) is 0 Å². The van der Waals surface area contributed by atoms with E-state index < -0.39 is 11.4 Å². The monoisotopic (exact) mass is 328 g/mol. The summed E-state index contributed by atoms with van der Waals surface area (Å²) in [5, 5.41) is 0.890. The van der Waals surface area contributed by atoms with Crippen molar-refractivity contribution in [1.29, 1.82) is 0 Å². The number of pyridine rings is 2. The lowest BCUT2D eigenvalue weighted by molar-refractivity contribution is 0.0524. The van der Waals surface area contributed by atoms with Crippen molar-refractivity contribution in [2.24, 2.45) is 0 Å². The molecule has 0 saturated heterocycles. The van der Waals surface area contributed by atoms with E-state index in [2.05, 4.69) is 4.98 Å². The van der Waals surface area contributed by atoms with E-state index in [1.165, 1.54) is 6.20 Å². The van der Waals surface area contributed by atoms with Crippen LogP contribution in [0.25, 0.3) is 16.7 Å². The van der Waals surface area contributed by atoms with Crippen LogP contribution in [0.5, 0.6) is 0 Å². The smallest absolute Gasteiger partial charge is 0.343 e. The molecule has 0 spiro atoms. The first-order valence-electron chi connectivity index (χ1n) is 7.05. The first-order valence-corrected chi connectivity index (χ1v) is 7.43. The van der Waals surface area contributed by atoms with Gasteiger partial charge in [-0.05, 0) is 37.3 Å². The second-order valence-corrected chi connectivity index (χ2v) is 5.25. The number of esters is 1. The summed E-state index contributed by atoms with van der Waals surface area (Å²) in [6.45, 7) is 1.89. The molecule has 5 nitrogen and oxygen atoms in total. The molecule has 6 heteroatoms. The highest BCUT2D eigenvalue weighted by Crippen LogP contribution is 2.19. The van der Waals surface area contributed by atoms with Gasteiger partial charge in [-0.3, -0.25) is 4.79 Å². The zero-order valence-electron chi connectivity index (χ0n) is 12.3. The summed E-state index contributed by atoms with van der Waals surface area (Å²) in [5.41, 5.74) is 0.719. The zero-order chi connectivity index (χ0) is 16.4. The van der Waals surface area contributed by atoms with E-state index >= 15 is 0 Å². The molecule has 1 aromatic carbocycles. The molecule has 2 aromatic heterocycles. The van der Waals surface area contributed by atoms with Crippen LogP contribution < -0.4 is 5.43 Å². The Kier molecular flexibility index (Phi) is 4.12. The summed E-state index contributed by atoms with van der Waals surface area (Å²) < 4.78 is 6.64. The third-order valence-electron chi connectivity index (χ3n) is 3.34. The van der Waals surface area contributed by atoms with Crippen LogP contribution in [-0.2, 0) is 4.74 Å². The van der Waals surface area contributed by atoms with Gasteiger partial charge in [0.15, 0.2) is 0 Å². The van der Waals surface area contributed by atoms with Crippen LogP contribution in [0.15, 0.2) is 53.6 Å². The van der Waals surface area contributed by atoms with Gasteiger partial charge in [0.2, 0.25) is 5.43 Å². The number of fused-ring (bicyclic) bond motifs is 1. The van der Waals surface area contributed by atoms with Crippen LogP contribution in [0.3, 0.4) is 0 Å². The number of benzene rings is 1. The SMILES string of the molecule is CCOC(=O)c1cn(-c2cccc(Cl)c2)c2ncccc2c1=O. The lowest BCUT2D eigenvalue weighted by atomic mass is 10.2. The number of rotatable bonds is 3. The molecular formula is C17H13ClN2O3. The maximum absolute atomic E-state index is 12.5. The number of aromatic nitrogens is 2. The second-order valence-electron chi connectivity index (χ2n) is 4.82. The Morgan fingerprint density at radius 3 is 2.87 bits per heavy atom. The third kappa shape index (κ3) is 2.83. The van der Waals surface area contributed by atoms with Gasteiger partial charge in [0, 0.05) is 23.1 Å². The molecule has 0 aliphatic carbocycles. The summed E-state index contributed by atoms with van der Waals surface area (Å²) >= 11 is 6.04. The highest BCUT2D eigenvalue weighted by Gasteiger charge is 2.17. The molecule has 2 heterocycles. The molecule has 116 valence electrons. The van der Waals surface area contributed by atoms with E-state index in [1.807, 2.05) is 6.07 Å². The molecule has 0 atom stereocenters. The van der Waals surface area contributed by atoms with Crippen molar-refractivity contribution in [2.45, 2.75) is 6.92 Å². The van der Waals surface area contributed by atoms with Crippen molar-refractivity contribution in [3.8, 4) is 5.69 Å². The van der Waals surface area contributed by atoms with E-state index in [1.54, 1.807) is 48.0 Å². The Morgan fingerprint density at radius 2 is 2.13 bits per heavy atom. The molecule has 0 bridgehead atoms. The van der Waals surface area contributed by atoms with E-state index in [4.69, 9.17) is 16.3 Å². The van der Waals surface area contributed by atoms with Crippen molar-refractivity contribution in [1.82, 2.24) is 9.55 Å². The Balaban J connectivity index is 2.34. The summed E-state index contributed by atoms with van der Waals surface area (Å²) in [5.74, 6) is -0.654. The molecule has 0 amide bonds. The molecule has 0 aliphatic heterocycles. The summed E-state index contributed by atoms with van der Waals surface area (Å²) in [6, 6.07) is 10.4. The largest absolute Gasteiger partial charge is 0.462 e. The summed E-state index contributed by atoms with van der Waals surface area (Å²) in [6.07, 6.45) is 3.04. The minimum absolute atomic E-state index is 0.0349. The molecule has 0 unspecified atom stereocenters. The molecule has 0 aliphatic rings. The topological polar surface area (TPSA) is 61.2 Å². The van der Waals surface area contributed by atoms with Crippen molar-refractivity contribution >= 4 is 28.6 Å². The normalized spacial score (nSPS) is 10.7. The fourth-order valence-electron chi connectivity index (χ4n) is 2.34. The molecule has 0 fully saturated rings.